The molecule has 0 saturated heterocycles. The summed E-state index contributed by atoms with van der Waals surface area (Å²) in [5.41, 5.74) is 1.17. The van der Waals surface area contributed by atoms with Crippen LogP contribution < -0.4 is 69.3 Å². The molecule has 2 rings (SSSR count). The Bertz CT molecular complexity index is 1220. The normalized spacial score (nSPS) is 10.0. The average molecular weight is 887 g/mol. The zero-order valence-electron chi connectivity index (χ0n) is 39.4. The molecule has 0 radical (unpaired) electrons. The minimum Gasteiger partial charge on any atom is -0.652 e. The van der Waals surface area contributed by atoms with Crippen LogP contribution in [0.5, 0.6) is 0 Å². The summed E-state index contributed by atoms with van der Waals surface area (Å²) in [7, 11) is 0. The third-order valence-electron chi connectivity index (χ3n) is 9.66. The van der Waals surface area contributed by atoms with E-state index in [1.807, 2.05) is 0 Å². The Hall–Kier alpha value is -2.41. The van der Waals surface area contributed by atoms with Crippen molar-refractivity contribution in [1.29, 1.82) is 0 Å². The fraction of sp³-hybridized carbons (Fsp3) is 0.653. The van der Waals surface area contributed by atoms with Crippen LogP contribution >= 0.6 is 0 Å². The van der Waals surface area contributed by atoms with Gasteiger partial charge in [-0.15, -0.1) is 0 Å². The Morgan fingerprint density at radius 3 is 0.677 bits per heavy atom. The van der Waals surface area contributed by atoms with Gasteiger partial charge in [-0.25, -0.2) is 19.2 Å². The quantitative estimate of drug-likeness (QED) is 0.0420. The van der Waals surface area contributed by atoms with E-state index in [9.17, 15) is 19.2 Å². The Labute approximate surface area is 418 Å². The first-order valence-electron chi connectivity index (χ1n) is 22.9. The fourth-order valence-corrected chi connectivity index (χ4v) is 6.18. The van der Waals surface area contributed by atoms with Crippen molar-refractivity contribution in [2.45, 2.75) is 182 Å². The molecule has 0 heterocycles. The summed E-state index contributed by atoms with van der Waals surface area (Å²) < 4.78 is 21.4. The van der Waals surface area contributed by atoms with Gasteiger partial charge in [-0.3, -0.25) is 0 Å². The van der Waals surface area contributed by atoms with Crippen molar-refractivity contribution in [1.82, 2.24) is 0 Å². The van der Waals surface area contributed by atoms with Crippen LogP contribution in [0.15, 0.2) is 48.5 Å². The Morgan fingerprint density at radius 2 is 0.500 bits per heavy atom. The van der Waals surface area contributed by atoms with Gasteiger partial charge in [-0.2, -0.15) is 0 Å². The number of carbonyl (C=O) groups excluding carboxylic acids is 5. The molecule has 0 amide bonds. The first-order chi connectivity index (χ1) is 29.1. The topological polar surface area (TPSA) is 168 Å². The van der Waals surface area contributed by atoms with E-state index in [1.54, 1.807) is 48.5 Å². The second kappa shape index (κ2) is 46.6. The Morgan fingerprint density at radius 1 is 0.339 bits per heavy atom. The molecule has 62 heavy (non-hydrogen) atoms. The summed E-state index contributed by atoms with van der Waals surface area (Å²) in [5, 5.41) is 16.7. The molecule has 0 atom stereocenters. The van der Waals surface area contributed by atoms with Crippen LogP contribution in [0.2, 0.25) is 0 Å². The number of unbranched alkanes of at least 4 members (excludes halogenated alkanes) is 20. The molecule has 0 aromatic heterocycles. The number of esters is 4. The van der Waals surface area contributed by atoms with E-state index < -0.39 is 30.0 Å². The largest absolute Gasteiger partial charge is 1.00 e. The van der Waals surface area contributed by atoms with Crippen molar-refractivity contribution in [3.63, 3.8) is 0 Å². The van der Waals surface area contributed by atoms with E-state index in [0.717, 1.165) is 51.4 Å². The van der Waals surface area contributed by atoms with Gasteiger partial charge in [0.2, 0.25) is 0 Å². The van der Waals surface area contributed by atoms with E-state index in [1.165, 1.54) is 103 Å². The zero-order chi connectivity index (χ0) is 44.5. The van der Waals surface area contributed by atoms with E-state index in [2.05, 4.69) is 27.7 Å². The summed E-state index contributed by atoms with van der Waals surface area (Å²) in [5.74, 6) is -1.78. The molecule has 0 bridgehead atoms. The predicted octanol–water partition coefficient (Wildman–Crippen LogP) is 5.00. The molecule has 0 aliphatic carbocycles. The third-order valence-corrected chi connectivity index (χ3v) is 9.66. The Balaban J connectivity index is -0.00000100. The van der Waals surface area contributed by atoms with Crippen molar-refractivity contribution in [2.75, 3.05) is 26.4 Å². The minimum atomic E-state index is -2.33. The van der Waals surface area contributed by atoms with Crippen molar-refractivity contribution < 1.29 is 112 Å². The first kappa shape index (κ1) is 63.9. The van der Waals surface area contributed by atoms with Crippen molar-refractivity contribution >= 4 is 30.0 Å². The van der Waals surface area contributed by atoms with Crippen LogP contribution in [0.4, 0.5) is 4.79 Å². The Kier molecular flexibility index (Phi) is 48.0. The van der Waals surface area contributed by atoms with Crippen LogP contribution in [0.3, 0.4) is 0 Å². The maximum Gasteiger partial charge on any atom is 1.00 e. The summed E-state index contributed by atoms with van der Waals surface area (Å²) in [6, 6.07) is 13.5. The van der Waals surface area contributed by atoms with E-state index in [4.69, 9.17) is 34.0 Å². The summed E-state index contributed by atoms with van der Waals surface area (Å²) >= 11 is 0. The second-order valence-electron chi connectivity index (χ2n) is 15.0. The van der Waals surface area contributed by atoms with Gasteiger partial charge in [-0.1, -0.05) is 180 Å². The molecule has 11 nitrogen and oxygen atoms in total. The third kappa shape index (κ3) is 36.0. The molecular weight excluding hydrogens is 811 g/mol. The number of carbonyl (C=O) groups is 5. The molecule has 340 valence electrons. The molecule has 0 unspecified atom stereocenters. The fourth-order valence-electron chi connectivity index (χ4n) is 6.18. The van der Waals surface area contributed by atoms with Crippen LogP contribution in [-0.2, 0) is 18.9 Å². The minimum absolute atomic E-state index is 0. The molecule has 2 aromatic carbocycles. The van der Waals surface area contributed by atoms with Gasteiger partial charge in [0.25, 0.3) is 0 Å². The summed E-state index contributed by atoms with van der Waals surface area (Å²) in [6.07, 6.45) is 24.9. The van der Waals surface area contributed by atoms with Crippen LogP contribution in [0.25, 0.3) is 0 Å². The van der Waals surface area contributed by atoms with Gasteiger partial charge >= 0.3 is 83.0 Å². The van der Waals surface area contributed by atoms with Crippen molar-refractivity contribution in [2.24, 2.45) is 0 Å². The molecule has 0 aliphatic rings. The second-order valence-corrected chi connectivity index (χ2v) is 15.0. The van der Waals surface area contributed by atoms with Gasteiger partial charge in [0.05, 0.1) is 48.7 Å². The van der Waals surface area contributed by atoms with Gasteiger partial charge < -0.3 is 34.0 Å². The van der Waals surface area contributed by atoms with Crippen LogP contribution in [-0.4, -0.2) is 56.5 Å². The predicted molar refractivity (Wildman–Crippen MR) is 233 cm³/mol. The van der Waals surface area contributed by atoms with E-state index >= 15 is 0 Å². The molecular formula is C49H76Na2O11. The van der Waals surface area contributed by atoms with Crippen LogP contribution in [0.1, 0.15) is 223 Å². The van der Waals surface area contributed by atoms with E-state index in [0.29, 0.717) is 48.7 Å². The number of ether oxygens (including phenoxy) is 4. The molecule has 2 aromatic rings. The molecule has 13 heteroatoms. The SMILES string of the molecule is CCCCCCCCOC(=O)c1ccccc1C(=O)OCCCCCCCC.CCCCCCCCOC(=O)c1ccccc1C(=O)OCCCCCCCC.O=C([O-])[O-].[Na+].[Na+]. The first-order valence-corrected chi connectivity index (χ1v) is 22.9. The maximum absolute atomic E-state index is 12.4. The van der Waals surface area contributed by atoms with Crippen molar-refractivity contribution in [3.05, 3.63) is 70.8 Å². The summed E-state index contributed by atoms with van der Waals surface area (Å²) in [6.45, 7) is 10.3. The van der Waals surface area contributed by atoms with Crippen molar-refractivity contribution in [3.8, 4) is 0 Å². The average Bonchev–Trinajstić information content (AvgIpc) is 3.24. The number of rotatable bonds is 32. The van der Waals surface area contributed by atoms with Gasteiger partial charge in [0.1, 0.15) is 0 Å². The van der Waals surface area contributed by atoms with Gasteiger partial charge in [0, 0.05) is 0 Å². The monoisotopic (exact) mass is 887 g/mol. The maximum atomic E-state index is 12.4. The number of hydrogen-bond donors (Lipinski definition) is 0. The van der Waals surface area contributed by atoms with E-state index in [-0.39, 0.29) is 59.1 Å². The molecule has 0 spiro atoms. The number of benzene rings is 2. The zero-order valence-corrected chi connectivity index (χ0v) is 43.4. The standard InChI is InChI=1S/2C24H38O4.CH2O3.2Na/c2*1-3-5-7-9-11-15-19-27-23(25)21-17-13-14-18-22(21)24(26)28-20-16-12-10-8-6-4-2;2-1(3)4;;/h2*13-14,17-18H,3-12,15-16,19-20H2,1-2H3;(H2,2,3,4);;/q;;;2*+1/p-2. The molecule has 0 saturated carbocycles. The number of hydrogen-bond acceptors (Lipinski definition) is 11. The van der Waals surface area contributed by atoms with Crippen LogP contribution in [0, 0.1) is 0 Å². The molecule has 0 fully saturated rings. The number of carboxylic acid groups (broad SMARTS) is 2. The summed E-state index contributed by atoms with van der Waals surface area (Å²) in [4.78, 5) is 57.7. The molecule has 0 aliphatic heterocycles. The van der Waals surface area contributed by atoms with Gasteiger partial charge in [-0.05, 0) is 56.1 Å². The molecule has 0 N–H and O–H groups in total. The smallest absolute Gasteiger partial charge is 0.652 e. The van der Waals surface area contributed by atoms with Gasteiger partial charge in [0.15, 0.2) is 0 Å².